The number of hydrogen-bond acceptors (Lipinski definition) is 3. The van der Waals surface area contributed by atoms with Gasteiger partial charge in [0.05, 0.1) is 0 Å². The lowest BCUT2D eigenvalue weighted by molar-refractivity contribution is -0.114. The number of hydrogen-bond donors (Lipinski definition) is 2. The van der Waals surface area contributed by atoms with Crippen LogP contribution in [0.3, 0.4) is 0 Å². The first-order valence-corrected chi connectivity index (χ1v) is 8.78. The number of rotatable bonds is 6. The average Bonchev–Trinajstić information content (AvgIpc) is 2.62. The number of anilines is 2. The van der Waals surface area contributed by atoms with Crippen LogP contribution in [0.25, 0.3) is 0 Å². The number of carbonyl (C=O) groups is 3. The second kappa shape index (κ2) is 8.94. The Bertz CT molecular complexity index is 881. The van der Waals surface area contributed by atoms with Gasteiger partial charge in [0.15, 0.2) is 5.78 Å². The molecule has 5 heteroatoms. The number of benzene rings is 2. The fraction of sp³-hybridized carbons (Fsp3) is 0.227. The number of amides is 2. The van der Waals surface area contributed by atoms with E-state index in [4.69, 9.17) is 0 Å². The van der Waals surface area contributed by atoms with E-state index in [1.54, 1.807) is 31.2 Å². The van der Waals surface area contributed by atoms with Crippen molar-refractivity contribution in [2.45, 2.75) is 33.6 Å². The van der Waals surface area contributed by atoms with Gasteiger partial charge in [-0.2, -0.15) is 0 Å². The van der Waals surface area contributed by atoms with Crippen LogP contribution in [0.2, 0.25) is 0 Å². The molecule has 0 fully saturated rings. The molecule has 0 unspecified atom stereocenters. The summed E-state index contributed by atoms with van der Waals surface area (Å²) in [5.41, 5.74) is 3.19. The van der Waals surface area contributed by atoms with E-state index in [0.717, 1.165) is 11.3 Å². The molecule has 0 spiro atoms. The van der Waals surface area contributed by atoms with Gasteiger partial charge in [-0.1, -0.05) is 32.0 Å². The highest BCUT2D eigenvalue weighted by molar-refractivity contribution is 6.10. The van der Waals surface area contributed by atoms with Crippen molar-refractivity contribution >= 4 is 29.0 Å². The zero-order valence-electron chi connectivity index (χ0n) is 16.0. The van der Waals surface area contributed by atoms with Crippen molar-refractivity contribution in [3.8, 4) is 0 Å². The zero-order valence-corrected chi connectivity index (χ0v) is 16.0. The third-order valence-corrected chi connectivity index (χ3v) is 4.10. The number of ketones is 1. The summed E-state index contributed by atoms with van der Waals surface area (Å²) in [5.74, 6) is -0.504. The highest BCUT2D eigenvalue weighted by Gasteiger charge is 2.11. The first kappa shape index (κ1) is 20.1. The Morgan fingerprint density at radius 2 is 1.52 bits per heavy atom. The minimum absolute atomic E-state index is 0.0395. The van der Waals surface area contributed by atoms with Gasteiger partial charge in [-0.3, -0.25) is 14.4 Å². The van der Waals surface area contributed by atoms with E-state index < -0.39 is 0 Å². The lowest BCUT2D eigenvalue weighted by atomic mass is 10.0. The van der Waals surface area contributed by atoms with Crippen molar-refractivity contribution < 1.29 is 14.4 Å². The van der Waals surface area contributed by atoms with E-state index in [-0.39, 0.29) is 29.1 Å². The second-order valence-electron chi connectivity index (χ2n) is 6.65. The fourth-order valence-corrected chi connectivity index (χ4v) is 2.56. The molecule has 0 atom stereocenters. The second-order valence-corrected chi connectivity index (χ2v) is 6.65. The molecule has 0 aliphatic carbocycles. The molecular formula is C22H24N2O3. The number of carbonyl (C=O) groups excluding carboxylic acids is 3. The summed E-state index contributed by atoms with van der Waals surface area (Å²) >= 11 is 0. The highest BCUT2D eigenvalue weighted by atomic mass is 16.2. The summed E-state index contributed by atoms with van der Waals surface area (Å²) in [4.78, 5) is 35.8. The van der Waals surface area contributed by atoms with E-state index in [9.17, 15) is 14.4 Å². The van der Waals surface area contributed by atoms with Gasteiger partial charge in [-0.25, -0.2) is 0 Å². The van der Waals surface area contributed by atoms with E-state index in [1.165, 1.54) is 13.0 Å². The Morgan fingerprint density at radius 1 is 0.889 bits per heavy atom. The molecule has 0 saturated heterocycles. The van der Waals surface area contributed by atoms with Gasteiger partial charge in [-0.05, 0) is 55.7 Å². The van der Waals surface area contributed by atoms with Crippen molar-refractivity contribution in [2.24, 2.45) is 0 Å². The first-order chi connectivity index (χ1) is 12.8. The van der Waals surface area contributed by atoms with Gasteiger partial charge in [0, 0.05) is 28.6 Å². The van der Waals surface area contributed by atoms with Crippen LogP contribution in [0.4, 0.5) is 11.4 Å². The van der Waals surface area contributed by atoms with Gasteiger partial charge >= 0.3 is 0 Å². The van der Waals surface area contributed by atoms with Crippen LogP contribution < -0.4 is 10.6 Å². The van der Waals surface area contributed by atoms with Crippen LogP contribution >= 0.6 is 0 Å². The smallest absolute Gasteiger partial charge is 0.251 e. The summed E-state index contributed by atoms with van der Waals surface area (Å²) < 4.78 is 0. The topological polar surface area (TPSA) is 75.3 Å². The SMILES string of the molecule is CC(=O)c1ccc(NC(=O)/C(C)=C\C(=O)Nc2ccccc2C(C)C)cc1. The molecule has 0 bridgehead atoms. The van der Waals surface area contributed by atoms with Crippen molar-refractivity contribution in [1.29, 1.82) is 0 Å². The van der Waals surface area contributed by atoms with Gasteiger partial charge in [0.25, 0.3) is 5.91 Å². The van der Waals surface area contributed by atoms with Crippen molar-refractivity contribution in [3.05, 3.63) is 71.3 Å². The van der Waals surface area contributed by atoms with Crippen LogP contribution in [0.5, 0.6) is 0 Å². The number of nitrogens with one attached hydrogen (secondary N) is 2. The molecule has 2 amide bonds. The maximum Gasteiger partial charge on any atom is 0.251 e. The summed E-state index contributed by atoms with van der Waals surface area (Å²) in [6.45, 7) is 7.16. The predicted octanol–water partition coefficient (Wildman–Crippen LogP) is 4.54. The molecule has 27 heavy (non-hydrogen) atoms. The van der Waals surface area contributed by atoms with Crippen LogP contribution in [0, 0.1) is 0 Å². The molecule has 2 aromatic carbocycles. The molecule has 5 nitrogen and oxygen atoms in total. The number of Topliss-reactive ketones (excluding diaryl/α,β-unsaturated/α-hetero) is 1. The van der Waals surface area contributed by atoms with Gasteiger partial charge in [-0.15, -0.1) is 0 Å². The average molecular weight is 364 g/mol. The quantitative estimate of drug-likeness (QED) is 0.584. The molecular weight excluding hydrogens is 340 g/mol. The van der Waals surface area contributed by atoms with Crippen LogP contribution in [-0.4, -0.2) is 17.6 Å². The van der Waals surface area contributed by atoms with Crippen LogP contribution in [-0.2, 0) is 9.59 Å². The number of para-hydroxylation sites is 1. The third-order valence-electron chi connectivity index (χ3n) is 4.10. The van der Waals surface area contributed by atoms with Gasteiger partial charge < -0.3 is 10.6 Å². The first-order valence-electron chi connectivity index (χ1n) is 8.78. The maximum atomic E-state index is 12.3. The Hall–Kier alpha value is -3.21. The molecule has 0 aromatic heterocycles. The van der Waals surface area contributed by atoms with Crippen molar-refractivity contribution in [3.63, 3.8) is 0 Å². The van der Waals surface area contributed by atoms with Gasteiger partial charge in [0.1, 0.15) is 0 Å². The van der Waals surface area contributed by atoms with Gasteiger partial charge in [0.2, 0.25) is 5.91 Å². The van der Waals surface area contributed by atoms with Crippen LogP contribution in [0.15, 0.2) is 60.2 Å². The summed E-state index contributed by atoms with van der Waals surface area (Å²) in [7, 11) is 0. The molecule has 2 aromatic rings. The summed E-state index contributed by atoms with van der Waals surface area (Å²) in [6.07, 6.45) is 1.27. The molecule has 0 aliphatic rings. The molecule has 0 radical (unpaired) electrons. The van der Waals surface area contributed by atoms with E-state index in [0.29, 0.717) is 11.3 Å². The molecule has 0 heterocycles. The normalized spacial score (nSPS) is 11.2. The summed E-state index contributed by atoms with van der Waals surface area (Å²) in [6, 6.07) is 14.2. The van der Waals surface area contributed by atoms with Crippen molar-refractivity contribution in [2.75, 3.05) is 10.6 Å². The molecule has 2 rings (SSSR count). The largest absolute Gasteiger partial charge is 0.322 e. The molecule has 0 saturated carbocycles. The zero-order chi connectivity index (χ0) is 20.0. The lowest BCUT2D eigenvalue weighted by Gasteiger charge is -2.12. The summed E-state index contributed by atoms with van der Waals surface area (Å²) in [5, 5.41) is 5.54. The Labute approximate surface area is 159 Å². The van der Waals surface area contributed by atoms with Crippen molar-refractivity contribution in [1.82, 2.24) is 0 Å². The highest BCUT2D eigenvalue weighted by Crippen LogP contribution is 2.23. The van der Waals surface area contributed by atoms with Crippen LogP contribution in [0.1, 0.15) is 49.5 Å². The standard InChI is InChI=1S/C22H24N2O3/c1-14(2)19-7-5-6-8-20(19)24-21(26)13-15(3)22(27)23-18-11-9-17(10-12-18)16(4)25/h5-14H,1-4H3,(H,23,27)(H,24,26)/b15-13-. The monoisotopic (exact) mass is 364 g/mol. The molecule has 2 N–H and O–H groups in total. The van der Waals surface area contributed by atoms with E-state index in [2.05, 4.69) is 24.5 Å². The predicted molar refractivity (Wildman–Crippen MR) is 108 cm³/mol. The third kappa shape index (κ3) is 5.64. The lowest BCUT2D eigenvalue weighted by Crippen LogP contribution is -2.16. The fourth-order valence-electron chi connectivity index (χ4n) is 2.56. The Balaban J connectivity index is 2.04. The maximum absolute atomic E-state index is 12.3. The molecule has 140 valence electrons. The minimum Gasteiger partial charge on any atom is -0.322 e. The van der Waals surface area contributed by atoms with E-state index >= 15 is 0 Å². The Morgan fingerprint density at radius 3 is 2.11 bits per heavy atom. The molecule has 0 aliphatic heterocycles. The van der Waals surface area contributed by atoms with E-state index in [1.807, 2.05) is 24.3 Å². The Kier molecular flexibility index (Phi) is 6.66. The minimum atomic E-state index is -0.377.